The predicted octanol–water partition coefficient (Wildman–Crippen LogP) is 4.70. The Morgan fingerprint density at radius 2 is 1.83 bits per heavy atom. The lowest BCUT2D eigenvalue weighted by atomic mass is 9.94. The van der Waals surface area contributed by atoms with Crippen LogP contribution in [0.5, 0.6) is 11.5 Å². The van der Waals surface area contributed by atoms with Crippen LogP contribution >= 0.6 is 0 Å². The van der Waals surface area contributed by atoms with E-state index >= 15 is 0 Å². The molecule has 3 rings (SSSR count). The average Bonchev–Trinajstić information content (AvgIpc) is 3.40. The van der Waals surface area contributed by atoms with Crippen LogP contribution in [0.2, 0.25) is 0 Å². The SMILES string of the molecule is CCCOc1ccc(C2C(C(=O)c3ccc(C)o3)=C(O)C(=O)N2CCN(CC)CC)cc1OCC. The molecule has 1 amide bonds. The molecule has 2 aromatic rings. The lowest BCUT2D eigenvalue weighted by Crippen LogP contribution is -2.38. The number of rotatable bonds is 13. The van der Waals surface area contributed by atoms with E-state index in [1.54, 1.807) is 36.1 Å². The van der Waals surface area contributed by atoms with E-state index in [4.69, 9.17) is 13.9 Å². The number of ketones is 1. The molecule has 1 N–H and O–H groups in total. The lowest BCUT2D eigenvalue weighted by Gasteiger charge is -2.29. The van der Waals surface area contributed by atoms with Crippen LogP contribution in [-0.2, 0) is 4.79 Å². The fourth-order valence-electron chi connectivity index (χ4n) is 4.24. The first-order valence-electron chi connectivity index (χ1n) is 12.3. The van der Waals surface area contributed by atoms with Crippen LogP contribution in [0.1, 0.15) is 62.0 Å². The zero-order valence-corrected chi connectivity index (χ0v) is 21.3. The van der Waals surface area contributed by atoms with Gasteiger partial charge in [-0.1, -0.05) is 26.8 Å². The zero-order valence-electron chi connectivity index (χ0n) is 21.3. The molecule has 1 aromatic carbocycles. The number of carbonyl (C=O) groups excluding carboxylic acids is 2. The Balaban J connectivity index is 2.06. The van der Waals surface area contributed by atoms with Crippen LogP contribution in [-0.4, -0.2) is 66.0 Å². The van der Waals surface area contributed by atoms with Gasteiger partial charge in [-0.25, -0.2) is 0 Å². The molecule has 1 aliphatic rings. The molecule has 1 unspecified atom stereocenters. The Bertz CT molecular complexity index is 1070. The summed E-state index contributed by atoms with van der Waals surface area (Å²) in [7, 11) is 0. The minimum atomic E-state index is -0.782. The smallest absolute Gasteiger partial charge is 0.290 e. The maximum atomic E-state index is 13.5. The van der Waals surface area contributed by atoms with Gasteiger partial charge in [0.05, 0.1) is 24.8 Å². The molecule has 0 bridgehead atoms. The highest BCUT2D eigenvalue weighted by Crippen LogP contribution is 2.41. The summed E-state index contributed by atoms with van der Waals surface area (Å²) < 4.78 is 17.2. The summed E-state index contributed by atoms with van der Waals surface area (Å²) in [6, 6.07) is 7.85. The van der Waals surface area contributed by atoms with Crippen molar-refractivity contribution >= 4 is 11.7 Å². The van der Waals surface area contributed by atoms with Gasteiger partial charge in [-0.3, -0.25) is 9.59 Å². The molecular weight excluding hydrogens is 448 g/mol. The van der Waals surface area contributed by atoms with Crippen LogP contribution < -0.4 is 9.47 Å². The summed E-state index contributed by atoms with van der Waals surface area (Å²) in [6.45, 7) is 13.3. The van der Waals surface area contributed by atoms with Gasteiger partial charge >= 0.3 is 0 Å². The van der Waals surface area contributed by atoms with Gasteiger partial charge in [0.1, 0.15) is 5.76 Å². The van der Waals surface area contributed by atoms with E-state index in [0.717, 1.165) is 19.5 Å². The third-order valence-corrected chi connectivity index (χ3v) is 6.11. The number of hydrogen-bond acceptors (Lipinski definition) is 7. The third-order valence-electron chi connectivity index (χ3n) is 6.11. The van der Waals surface area contributed by atoms with Crippen LogP contribution in [0.3, 0.4) is 0 Å². The first kappa shape index (κ1) is 26.3. The van der Waals surface area contributed by atoms with Crippen molar-refractivity contribution in [2.75, 3.05) is 39.4 Å². The molecule has 8 nitrogen and oxygen atoms in total. The van der Waals surface area contributed by atoms with E-state index in [1.807, 2.05) is 19.9 Å². The summed E-state index contributed by atoms with van der Waals surface area (Å²) in [5.74, 6) is 0.157. The largest absolute Gasteiger partial charge is 0.503 e. The number of carbonyl (C=O) groups is 2. The van der Waals surface area contributed by atoms with E-state index in [9.17, 15) is 14.7 Å². The molecule has 1 aliphatic heterocycles. The Hall–Kier alpha value is -3.26. The van der Waals surface area contributed by atoms with Gasteiger partial charge in [-0.2, -0.15) is 0 Å². The monoisotopic (exact) mass is 484 g/mol. The summed E-state index contributed by atoms with van der Waals surface area (Å²) in [5, 5.41) is 10.9. The molecular formula is C27H36N2O6. The molecule has 0 saturated carbocycles. The van der Waals surface area contributed by atoms with Crippen molar-refractivity contribution in [2.45, 2.75) is 47.1 Å². The Kier molecular flexibility index (Phi) is 8.98. The number of aliphatic hydroxyl groups is 1. The number of aliphatic hydroxyl groups excluding tert-OH is 1. The number of furan rings is 1. The molecule has 0 radical (unpaired) electrons. The summed E-state index contributed by atoms with van der Waals surface area (Å²) in [6.07, 6.45) is 0.849. The number of likely N-dealkylation sites (N-methyl/N-ethyl adjacent to an activating group) is 1. The maximum Gasteiger partial charge on any atom is 0.290 e. The van der Waals surface area contributed by atoms with Crippen molar-refractivity contribution in [3.05, 3.63) is 58.7 Å². The fraction of sp³-hybridized carbons (Fsp3) is 0.481. The second-order valence-electron chi connectivity index (χ2n) is 8.42. The number of nitrogens with zero attached hydrogens (tertiary/aromatic N) is 2. The van der Waals surface area contributed by atoms with Crippen LogP contribution in [0.25, 0.3) is 0 Å². The second kappa shape index (κ2) is 11.9. The Morgan fingerprint density at radius 1 is 1.09 bits per heavy atom. The molecule has 0 saturated heterocycles. The highest BCUT2D eigenvalue weighted by molar-refractivity contribution is 6.15. The normalized spacial score (nSPS) is 15.9. The van der Waals surface area contributed by atoms with Crippen molar-refractivity contribution in [1.82, 2.24) is 9.80 Å². The lowest BCUT2D eigenvalue weighted by molar-refractivity contribution is -0.129. The van der Waals surface area contributed by atoms with Crippen molar-refractivity contribution in [2.24, 2.45) is 0 Å². The summed E-state index contributed by atoms with van der Waals surface area (Å²) >= 11 is 0. The molecule has 35 heavy (non-hydrogen) atoms. The Morgan fingerprint density at radius 3 is 2.43 bits per heavy atom. The van der Waals surface area contributed by atoms with E-state index in [1.165, 1.54) is 0 Å². The highest BCUT2D eigenvalue weighted by atomic mass is 16.5. The van der Waals surface area contributed by atoms with Crippen molar-refractivity contribution < 1.29 is 28.6 Å². The van der Waals surface area contributed by atoms with Gasteiger partial charge < -0.3 is 28.8 Å². The van der Waals surface area contributed by atoms with Crippen molar-refractivity contribution in [1.29, 1.82) is 0 Å². The standard InChI is InChI=1S/C27H36N2O6/c1-6-16-34-20-13-11-19(17-22(20)33-9-4)24-23(25(30)21-12-10-18(5)35-21)26(31)27(32)29(24)15-14-28(7-2)8-3/h10-13,17,24,31H,6-9,14-16H2,1-5H3. The zero-order chi connectivity index (χ0) is 25.5. The number of amides is 1. The molecule has 1 aromatic heterocycles. The van der Waals surface area contributed by atoms with Crippen LogP contribution in [0.4, 0.5) is 0 Å². The molecule has 190 valence electrons. The van der Waals surface area contributed by atoms with E-state index in [2.05, 4.69) is 18.7 Å². The molecule has 0 fully saturated rings. The van der Waals surface area contributed by atoms with Gasteiger partial charge in [0.25, 0.3) is 5.91 Å². The average molecular weight is 485 g/mol. The van der Waals surface area contributed by atoms with Crippen molar-refractivity contribution in [3.8, 4) is 11.5 Å². The van der Waals surface area contributed by atoms with Gasteiger partial charge in [-0.15, -0.1) is 0 Å². The van der Waals surface area contributed by atoms with Gasteiger partial charge in [-0.05, 0) is 63.2 Å². The van der Waals surface area contributed by atoms with E-state index < -0.39 is 23.5 Å². The minimum absolute atomic E-state index is 0.00794. The summed E-state index contributed by atoms with van der Waals surface area (Å²) in [4.78, 5) is 30.4. The maximum absolute atomic E-state index is 13.5. The quantitative estimate of drug-likeness (QED) is 0.412. The first-order chi connectivity index (χ1) is 16.9. The molecule has 1 atom stereocenters. The van der Waals surface area contributed by atoms with E-state index in [-0.39, 0.29) is 11.3 Å². The Labute approximate surface area is 207 Å². The number of Topliss-reactive ketones (excluding diaryl/α,β-unsaturated/α-hetero) is 1. The summed E-state index contributed by atoms with van der Waals surface area (Å²) in [5.41, 5.74) is 0.662. The molecule has 0 spiro atoms. The minimum Gasteiger partial charge on any atom is -0.503 e. The third kappa shape index (κ3) is 5.70. The van der Waals surface area contributed by atoms with Gasteiger partial charge in [0.2, 0.25) is 5.78 Å². The van der Waals surface area contributed by atoms with Crippen LogP contribution in [0.15, 0.2) is 46.1 Å². The number of benzene rings is 1. The topological polar surface area (TPSA) is 92.5 Å². The molecule has 2 heterocycles. The second-order valence-corrected chi connectivity index (χ2v) is 8.42. The number of aryl methyl sites for hydroxylation is 1. The first-order valence-corrected chi connectivity index (χ1v) is 12.3. The fourth-order valence-corrected chi connectivity index (χ4v) is 4.24. The number of ether oxygens (including phenoxy) is 2. The van der Waals surface area contributed by atoms with Crippen LogP contribution in [0, 0.1) is 6.92 Å². The highest BCUT2D eigenvalue weighted by Gasteiger charge is 2.44. The molecule has 0 aliphatic carbocycles. The van der Waals surface area contributed by atoms with Gasteiger partial charge in [0, 0.05) is 13.1 Å². The number of hydrogen-bond donors (Lipinski definition) is 1. The molecule has 8 heteroatoms. The van der Waals surface area contributed by atoms with Crippen molar-refractivity contribution in [3.63, 3.8) is 0 Å². The predicted molar refractivity (Wildman–Crippen MR) is 133 cm³/mol. The van der Waals surface area contributed by atoms with Gasteiger partial charge in [0.15, 0.2) is 23.0 Å². The van der Waals surface area contributed by atoms with E-state index in [0.29, 0.717) is 49.1 Å².